The summed E-state index contributed by atoms with van der Waals surface area (Å²) in [7, 11) is 58.4. The summed E-state index contributed by atoms with van der Waals surface area (Å²) < 4.78 is 6.43. The molecule has 11 heteroatoms. The molecule has 0 unspecified atom stereocenters. The molecule has 8 aromatic rings. The van der Waals surface area contributed by atoms with Gasteiger partial charge in [-0.15, -0.1) is 16.4 Å². The molecule has 0 aliphatic heterocycles. The monoisotopic (exact) mass is 627 g/mol. The van der Waals surface area contributed by atoms with Gasteiger partial charge in [-0.05, 0) is 64.0 Å². The number of anilines is 3. The summed E-state index contributed by atoms with van der Waals surface area (Å²) in [4.78, 5) is 1.91. The van der Waals surface area contributed by atoms with Crippen molar-refractivity contribution < 1.29 is 4.42 Å². The average molecular weight is 626 g/mol. The van der Waals surface area contributed by atoms with E-state index in [-0.39, 0.29) is 60.3 Å². The van der Waals surface area contributed by atoms with E-state index in [9.17, 15) is 0 Å². The van der Waals surface area contributed by atoms with E-state index in [4.69, 9.17) is 75.0 Å². The van der Waals surface area contributed by atoms with Gasteiger partial charge in [0, 0.05) is 33.2 Å². The van der Waals surface area contributed by atoms with E-state index < -0.39 is 0 Å². The second kappa shape index (κ2) is 12.6. The van der Waals surface area contributed by atoms with Crippen LogP contribution in [0.4, 0.5) is 17.1 Å². The van der Waals surface area contributed by atoms with Crippen LogP contribution in [0.25, 0.3) is 55.0 Å². The first-order valence-electron chi connectivity index (χ1n) is 16.1. The lowest BCUT2D eigenvalue weighted by atomic mass is 9.56. The minimum absolute atomic E-state index is 0.0511. The summed E-state index contributed by atoms with van der Waals surface area (Å²) in [5, 5.41) is 4.28. The maximum absolute atomic E-state index is 6.85. The van der Waals surface area contributed by atoms with E-state index in [1.807, 2.05) is 71.6 Å². The Morgan fingerprint density at radius 3 is 1.61 bits per heavy atom. The second-order valence-corrected chi connectivity index (χ2v) is 12.5. The van der Waals surface area contributed by atoms with E-state index in [0.717, 1.165) is 55.2 Å². The van der Waals surface area contributed by atoms with Crippen molar-refractivity contribution in [3.8, 4) is 22.3 Å². The van der Waals surface area contributed by atoms with Crippen molar-refractivity contribution in [3.63, 3.8) is 0 Å². The predicted octanol–water partition coefficient (Wildman–Crippen LogP) is 0.687. The van der Waals surface area contributed by atoms with Crippen LogP contribution in [0.15, 0.2) is 114 Å². The van der Waals surface area contributed by atoms with Gasteiger partial charge in [-0.3, -0.25) is 0 Å². The molecule has 0 bridgehead atoms. The van der Waals surface area contributed by atoms with Crippen LogP contribution in [0.1, 0.15) is 0 Å². The summed E-state index contributed by atoms with van der Waals surface area (Å²) in [6.07, 6.45) is 0. The van der Waals surface area contributed by atoms with Crippen LogP contribution < -0.4 is 54.1 Å². The molecular weight excluding hydrogens is 608 g/mol. The summed E-state index contributed by atoms with van der Waals surface area (Å²) in [6, 6.07) is 36.3. The first kappa shape index (κ1) is 33.1. The van der Waals surface area contributed by atoms with Crippen LogP contribution >= 0.6 is 0 Å². The van der Waals surface area contributed by atoms with Gasteiger partial charge in [0.25, 0.3) is 0 Å². The molecule has 0 saturated heterocycles. The van der Waals surface area contributed by atoms with Crippen molar-refractivity contribution in [2.45, 2.75) is 0 Å². The Kier molecular flexibility index (Phi) is 8.21. The molecule has 0 saturated carbocycles. The fraction of sp³-hybridized carbons (Fsp3) is 0. The normalized spacial score (nSPS) is 11.5. The number of hydrogen-bond donors (Lipinski definition) is 0. The molecule has 1 aromatic heterocycles. The first-order chi connectivity index (χ1) is 24.6. The van der Waals surface area contributed by atoms with Crippen molar-refractivity contribution in [1.29, 1.82) is 0 Å². The zero-order valence-corrected chi connectivity index (χ0v) is 27.4. The highest BCUT2D eigenvalue weighted by Gasteiger charge is 2.24. The van der Waals surface area contributed by atoms with Crippen molar-refractivity contribution in [1.82, 2.24) is 0 Å². The van der Waals surface area contributed by atoms with E-state index in [1.54, 1.807) is 0 Å². The summed E-state index contributed by atoms with van der Waals surface area (Å²) in [5.41, 5.74) is 6.84. The zero-order chi connectivity index (χ0) is 35.7. The minimum atomic E-state index is 0.0511. The average Bonchev–Trinajstić information content (AvgIpc) is 3.55. The highest BCUT2D eigenvalue weighted by molar-refractivity contribution is 6.70. The molecule has 1 heterocycles. The quantitative estimate of drug-likeness (QED) is 0.262. The fourth-order valence-corrected chi connectivity index (χ4v) is 7.01. The Morgan fingerprint density at radius 1 is 0.412 bits per heavy atom. The third-order valence-corrected chi connectivity index (χ3v) is 9.64. The Balaban J connectivity index is 1.29. The van der Waals surface area contributed by atoms with Crippen LogP contribution in [0, 0.1) is 0 Å². The van der Waals surface area contributed by atoms with Gasteiger partial charge < -0.3 is 9.32 Å². The second-order valence-electron chi connectivity index (χ2n) is 12.5. The van der Waals surface area contributed by atoms with Gasteiger partial charge in [0.1, 0.15) is 81.8 Å². The standard InChI is InChI=1S/C40H18B9NO/c41-30-28(31(42)35(46)36(47)34(30)45)29-32(43)37(48)39(38(49)33(29)44)50(21-8-2-1-3-9-21)22-16-13-20(14-17-22)23-11-6-12-26-27(23)25-18-15-19-7-4-5-10-24(19)40(25)51-26/h1-18H. The topological polar surface area (TPSA) is 16.4 Å². The molecule has 2 nitrogen and oxygen atoms in total. The zero-order valence-electron chi connectivity index (χ0n) is 27.4. The van der Waals surface area contributed by atoms with Gasteiger partial charge in [-0.25, -0.2) is 0 Å². The molecule has 0 spiro atoms. The fourth-order valence-electron chi connectivity index (χ4n) is 7.01. The lowest BCUT2D eigenvalue weighted by Gasteiger charge is -2.34. The Morgan fingerprint density at radius 2 is 0.961 bits per heavy atom. The molecule has 0 amide bonds. The number of furan rings is 1. The molecule has 7 aromatic carbocycles. The van der Waals surface area contributed by atoms with Crippen molar-refractivity contribution in [3.05, 3.63) is 109 Å². The Bertz CT molecular complexity index is 2630. The molecule has 18 radical (unpaired) electrons. The van der Waals surface area contributed by atoms with Gasteiger partial charge in [0.2, 0.25) is 0 Å². The molecule has 0 N–H and O–H groups in total. The predicted molar refractivity (Wildman–Crippen MR) is 225 cm³/mol. The van der Waals surface area contributed by atoms with Gasteiger partial charge in [0.05, 0.1) is 0 Å². The van der Waals surface area contributed by atoms with Gasteiger partial charge in [0.15, 0.2) is 0 Å². The van der Waals surface area contributed by atoms with Crippen LogP contribution in [-0.4, -0.2) is 70.6 Å². The molecule has 51 heavy (non-hydrogen) atoms. The van der Waals surface area contributed by atoms with Crippen LogP contribution in [0.3, 0.4) is 0 Å². The molecule has 0 aliphatic carbocycles. The van der Waals surface area contributed by atoms with Crippen LogP contribution in [0.5, 0.6) is 0 Å². The smallest absolute Gasteiger partial charge is 0.143 e. The summed E-state index contributed by atoms with van der Waals surface area (Å²) >= 11 is 0. The molecular formula is C40H18B9NO. The molecule has 216 valence electrons. The molecule has 0 aliphatic rings. The Hall–Kier alpha value is -5.02. The lowest BCUT2D eigenvalue weighted by Crippen LogP contribution is -2.57. The van der Waals surface area contributed by atoms with Gasteiger partial charge in [-0.1, -0.05) is 106 Å². The van der Waals surface area contributed by atoms with Crippen LogP contribution in [0.2, 0.25) is 0 Å². The van der Waals surface area contributed by atoms with E-state index in [0.29, 0.717) is 5.69 Å². The molecule has 0 fully saturated rings. The molecule has 0 atom stereocenters. The third-order valence-electron chi connectivity index (χ3n) is 9.64. The van der Waals surface area contributed by atoms with E-state index >= 15 is 0 Å². The van der Waals surface area contributed by atoms with Gasteiger partial charge >= 0.3 is 0 Å². The SMILES string of the molecule is [B]c1c([B])c([B])c(-c2c([B])c([B])c(N(c3ccccc3)c3ccc(-c4cccc5oc6c7ccccc7ccc6c45)cc3)c([B])c2[B])c([B])c1[B]. The highest BCUT2D eigenvalue weighted by Crippen LogP contribution is 2.40. The van der Waals surface area contributed by atoms with Crippen molar-refractivity contribution in [2.24, 2.45) is 0 Å². The van der Waals surface area contributed by atoms with Gasteiger partial charge in [-0.2, -0.15) is 0 Å². The van der Waals surface area contributed by atoms with E-state index in [2.05, 4.69) is 42.5 Å². The first-order valence-corrected chi connectivity index (χ1v) is 16.1. The number of rotatable bonds is 5. The highest BCUT2D eigenvalue weighted by atomic mass is 16.3. The number of hydrogen-bond acceptors (Lipinski definition) is 2. The van der Waals surface area contributed by atoms with Crippen molar-refractivity contribution in [2.75, 3.05) is 4.90 Å². The minimum Gasteiger partial charge on any atom is -0.455 e. The largest absolute Gasteiger partial charge is 0.455 e. The van der Waals surface area contributed by atoms with Crippen molar-refractivity contribution >= 4 is 170 Å². The number of nitrogens with zero attached hydrogens (tertiary/aromatic N) is 1. The maximum atomic E-state index is 6.85. The number of para-hydroxylation sites is 1. The lowest BCUT2D eigenvalue weighted by molar-refractivity contribution is 0.673. The maximum Gasteiger partial charge on any atom is 0.143 e. The number of fused-ring (bicyclic) bond motifs is 5. The Labute approximate surface area is 309 Å². The summed E-state index contributed by atoms with van der Waals surface area (Å²) in [6.45, 7) is 0. The summed E-state index contributed by atoms with van der Waals surface area (Å²) in [5.74, 6) is 0. The van der Waals surface area contributed by atoms with E-state index in [1.165, 1.54) is 0 Å². The molecule has 8 rings (SSSR count). The third kappa shape index (κ3) is 5.15. The van der Waals surface area contributed by atoms with Crippen LogP contribution in [-0.2, 0) is 0 Å². The number of benzene rings is 7.